The van der Waals surface area contributed by atoms with Gasteiger partial charge in [-0.25, -0.2) is 0 Å². The Morgan fingerprint density at radius 1 is 1.00 bits per heavy atom. The van der Waals surface area contributed by atoms with Gasteiger partial charge in [-0.3, -0.25) is 0 Å². The van der Waals surface area contributed by atoms with E-state index in [2.05, 4.69) is 0 Å². The summed E-state index contributed by atoms with van der Waals surface area (Å²) in [6.07, 6.45) is 0. The summed E-state index contributed by atoms with van der Waals surface area (Å²) >= 11 is 23.9. The molecule has 0 aromatic carbocycles. The topological polar surface area (TPSA) is 0 Å². The van der Waals surface area contributed by atoms with Gasteiger partial charge < -0.3 is 0 Å². The van der Waals surface area contributed by atoms with Crippen molar-refractivity contribution in [1.29, 1.82) is 0 Å². The minimum atomic E-state index is -3.82. The van der Waals surface area contributed by atoms with Crippen LogP contribution in [0.4, 0.5) is 8.78 Å². The number of hydrogen-bond acceptors (Lipinski definition) is 0. The molecule has 0 saturated carbocycles. The molecule has 0 aromatic rings. The standard InChI is InChI=1S/C3Cl5F2/c4-1(5)2(9,10)3(6,7)8. The van der Waals surface area contributed by atoms with E-state index in [0.717, 1.165) is 0 Å². The molecule has 0 saturated heterocycles. The number of halogens is 7. The van der Waals surface area contributed by atoms with Crippen molar-refractivity contribution in [3.05, 3.63) is 4.84 Å². The Bertz CT molecular complexity index is 117. The van der Waals surface area contributed by atoms with E-state index >= 15 is 0 Å². The van der Waals surface area contributed by atoms with Gasteiger partial charge in [0.05, 0.1) is 0 Å². The molecule has 0 amide bonds. The Morgan fingerprint density at radius 3 is 1.30 bits per heavy atom. The largest absolute Gasteiger partial charge is 0.329 e. The zero-order valence-corrected chi connectivity index (χ0v) is 7.93. The van der Waals surface area contributed by atoms with E-state index in [1.165, 1.54) is 0 Å². The predicted molar refractivity (Wildman–Crippen MR) is 40.2 cm³/mol. The lowest BCUT2D eigenvalue weighted by Gasteiger charge is -2.23. The van der Waals surface area contributed by atoms with Crippen LogP contribution in [0.2, 0.25) is 0 Å². The van der Waals surface area contributed by atoms with Gasteiger partial charge in [-0.1, -0.05) is 58.0 Å². The first kappa shape index (κ1) is 11.3. The molecule has 0 nitrogen and oxygen atoms in total. The minimum Gasteiger partial charge on any atom is -0.198 e. The second-order valence-electron chi connectivity index (χ2n) is 1.33. The van der Waals surface area contributed by atoms with Crippen molar-refractivity contribution in [1.82, 2.24) is 0 Å². The fraction of sp³-hybridized carbons (Fsp3) is 0.667. The fourth-order valence-electron chi connectivity index (χ4n) is 0.107. The lowest BCUT2D eigenvalue weighted by molar-refractivity contribution is 0.0442. The lowest BCUT2D eigenvalue weighted by atomic mass is 10.4. The smallest absolute Gasteiger partial charge is 0.198 e. The van der Waals surface area contributed by atoms with E-state index in [-0.39, 0.29) is 0 Å². The van der Waals surface area contributed by atoms with Gasteiger partial charge in [0.1, 0.15) is 0 Å². The molecule has 10 heavy (non-hydrogen) atoms. The summed E-state index contributed by atoms with van der Waals surface area (Å²) in [6, 6.07) is 0. The predicted octanol–water partition coefficient (Wildman–Crippen LogP) is 3.96. The van der Waals surface area contributed by atoms with Crippen LogP contribution in [0.15, 0.2) is 0 Å². The molecule has 0 aromatic heterocycles. The van der Waals surface area contributed by atoms with Gasteiger partial charge in [0.15, 0.2) is 0 Å². The Balaban J connectivity index is 4.40. The van der Waals surface area contributed by atoms with Crippen LogP contribution < -0.4 is 0 Å². The Hall–Kier alpha value is 1.31. The third-order valence-electron chi connectivity index (χ3n) is 0.593. The third-order valence-corrected chi connectivity index (χ3v) is 1.78. The molecule has 0 unspecified atom stereocenters. The zero-order chi connectivity index (χ0) is 8.58. The number of alkyl halides is 5. The molecule has 0 aliphatic rings. The maximum Gasteiger partial charge on any atom is 0.329 e. The molecular weight excluding hydrogens is 251 g/mol. The summed E-state index contributed by atoms with van der Waals surface area (Å²) < 4.78 is 21.9. The molecule has 0 N–H and O–H groups in total. The molecule has 0 fully saturated rings. The van der Waals surface area contributed by atoms with E-state index in [4.69, 9.17) is 58.0 Å². The summed E-state index contributed by atoms with van der Waals surface area (Å²) in [6.45, 7) is 0. The maximum absolute atomic E-state index is 12.4. The van der Waals surface area contributed by atoms with Gasteiger partial charge in [-0.2, -0.15) is 8.78 Å². The number of hydrogen-bond donors (Lipinski definition) is 0. The Labute approximate surface area is 81.3 Å². The monoisotopic (exact) mass is 249 g/mol. The molecule has 0 atom stereocenters. The Morgan fingerprint density at radius 2 is 1.30 bits per heavy atom. The molecule has 0 rings (SSSR count). The summed E-state index contributed by atoms with van der Waals surface area (Å²) in [4.78, 5) is -1.27. The van der Waals surface area contributed by atoms with Crippen molar-refractivity contribution in [3.8, 4) is 0 Å². The molecule has 1 radical (unpaired) electrons. The lowest BCUT2D eigenvalue weighted by Crippen LogP contribution is -2.35. The van der Waals surface area contributed by atoms with Crippen LogP contribution in [0, 0.1) is 4.84 Å². The summed E-state index contributed by atoms with van der Waals surface area (Å²) in [5.41, 5.74) is 0. The highest BCUT2D eigenvalue weighted by Gasteiger charge is 2.56. The van der Waals surface area contributed by atoms with Crippen molar-refractivity contribution in [3.63, 3.8) is 0 Å². The molecule has 0 spiro atoms. The molecule has 0 heterocycles. The first-order valence-electron chi connectivity index (χ1n) is 1.82. The van der Waals surface area contributed by atoms with E-state index in [0.29, 0.717) is 0 Å². The maximum atomic E-state index is 12.4. The molecular formula is C3Cl5F2. The van der Waals surface area contributed by atoms with Crippen molar-refractivity contribution in [2.24, 2.45) is 0 Å². The van der Waals surface area contributed by atoms with Crippen LogP contribution in [0.5, 0.6) is 0 Å². The molecule has 0 aliphatic carbocycles. The van der Waals surface area contributed by atoms with E-state index < -0.39 is 14.6 Å². The van der Waals surface area contributed by atoms with Crippen molar-refractivity contribution < 1.29 is 8.78 Å². The first-order valence-corrected chi connectivity index (χ1v) is 3.71. The number of rotatable bonds is 1. The highest BCUT2D eigenvalue weighted by Crippen LogP contribution is 2.50. The second-order valence-corrected chi connectivity index (χ2v) is 4.56. The van der Waals surface area contributed by atoms with Gasteiger partial charge in [-0.15, -0.1) is 0 Å². The van der Waals surface area contributed by atoms with Crippen LogP contribution in [0.3, 0.4) is 0 Å². The van der Waals surface area contributed by atoms with Crippen LogP contribution in [-0.2, 0) is 0 Å². The van der Waals surface area contributed by atoms with Gasteiger partial charge in [-0.05, 0) is 0 Å². The third kappa shape index (κ3) is 2.42. The highest BCUT2D eigenvalue weighted by molar-refractivity contribution is 6.69. The van der Waals surface area contributed by atoms with Gasteiger partial charge in [0.2, 0.25) is 4.84 Å². The summed E-state index contributed by atoms with van der Waals surface area (Å²) in [5, 5.41) is 0. The van der Waals surface area contributed by atoms with Crippen LogP contribution in [0.1, 0.15) is 0 Å². The van der Waals surface area contributed by atoms with Gasteiger partial charge >= 0.3 is 5.92 Å². The van der Waals surface area contributed by atoms with Crippen molar-refractivity contribution >= 4 is 58.0 Å². The van der Waals surface area contributed by atoms with Gasteiger partial charge in [0.25, 0.3) is 3.79 Å². The Kier molecular flexibility index (Phi) is 3.80. The van der Waals surface area contributed by atoms with E-state index in [9.17, 15) is 8.78 Å². The quantitative estimate of drug-likeness (QED) is 0.619. The molecule has 61 valence electrons. The average Bonchev–Trinajstić information content (AvgIpc) is 1.62. The molecule has 0 aliphatic heterocycles. The van der Waals surface area contributed by atoms with Crippen molar-refractivity contribution in [2.75, 3.05) is 0 Å². The first-order chi connectivity index (χ1) is 4.19. The van der Waals surface area contributed by atoms with E-state index in [1.807, 2.05) is 0 Å². The van der Waals surface area contributed by atoms with Crippen molar-refractivity contribution in [2.45, 2.75) is 9.72 Å². The second kappa shape index (κ2) is 3.36. The van der Waals surface area contributed by atoms with Crippen LogP contribution >= 0.6 is 58.0 Å². The SMILES string of the molecule is FC(F)([C](Cl)Cl)C(Cl)(Cl)Cl. The molecule has 7 heteroatoms. The highest BCUT2D eigenvalue weighted by atomic mass is 35.6. The van der Waals surface area contributed by atoms with E-state index in [1.54, 1.807) is 0 Å². The van der Waals surface area contributed by atoms with Gasteiger partial charge in [0, 0.05) is 0 Å². The normalized spacial score (nSPS) is 14.4. The summed E-state index contributed by atoms with van der Waals surface area (Å²) in [5.74, 6) is -3.82. The van der Waals surface area contributed by atoms with Crippen LogP contribution in [-0.4, -0.2) is 9.72 Å². The fourth-order valence-corrected chi connectivity index (χ4v) is 0.964. The van der Waals surface area contributed by atoms with Crippen LogP contribution in [0.25, 0.3) is 0 Å². The molecule has 0 bridgehead atoms. The zero-order valence-electron chi connectivity index (χ0n) is 4.15. The minimum absolute atomic E-state index is 1.27. The average molecular weight is 251 g/mol. The summed E-state index contributed by atoms with van der Waals surface area (Å²) in [7, 11) is 0.